The average Bonchev–Trinajstić information content (AvgIpc) is 2.80. The van der Waals surface area contributed by atoms with Crippen LogP contribution in [-0.4, -0.2) is 26.2 Å². The van der Waals surface area contributed by atoms with Gasteiger partial charge in [0.15, 0.2) is 5.11 Å². The average molecular weight is 339 g/mol. The summed E-state index contributed by atoms with van der Waals surface area (Å²) in [6.07, 6.45) is 0. The van der Waals surface area contributed by atoms with E-state index in [0.717, 1.165) is 6.07 Å². The molecule has 1 aromatic carbocycles. The predicted octanol–water partition coefficient (Wildman–Crippen LogP) is -0.548. The number of thiocarbonyl (C=S) groups is 1. The maximum absolute atomic E-state index is 12.0. The highest BCUT2D eigenvalue weighted by molar-refractivity contribution is 7.80. The maximum Gasteiger partial charge on any atom is 0.321 e. The molecule has 1 aliphatic rings. The summed E-state index contributed by atoms with van der Waals surface area (Å²) in [4.78, 5) is 34.2. The van der Waals surface area contributed by atoms with Crippen LogP contribution in [0.5, 0.6) is 0 Å². The topological polar surface area (TPSA) is 141 Å². The van der Waals surface area contributed by atoms with Gasteiger partial charge in [0, 0.05) is 16.0 Å². The molecule has 1 fully saturated rings. The minimum atomic E-state index is -1.29. The quantitative estimate of drug-likeness (QED) is 0.187. The van der Waals surface area contributed by atoms with Crippen molar-refractivity contribution >= 4 is 57.6 Å². The number of non-ortho nitro benzene ring substituents is 1. The summed E-state index contributed by atoms with van der Waals surface area (Å²) >= 11 is 5.14. The summed E-state index contributed by atoms with van der Waals surface area (Å²) in [5, 5.41) is 27.1. The third kappa shape index (κ3) is 2.05. The monoisotopic (exact) mass is 339 g/mol. The molecule has 0 saturated carbocycles. The van der Waals surface area contributed by atoms with Crippen LogP contribution in [0.3, 0.4) is 0 Å². The molecule has 112 valence electrons. The molecular weight excluding hydrogens is 334 g/mol. The smallest absolute Gasteiger partial charge is 0.321 e. The number of benzene rings is 1. The SMILES string of the molecule is O=C1NC(=S)NC(=O)C1c1ccc([N+](=O)[O-])c2c1ns[n+]2[O-]. The zero-order valence-corrected chi connectivity index (χ0v) is 12.1. The lowest BCUT2D eigenvalue weighted by Crippen LogP contribution is -2.54. The number of carbonyl (C=O) groups excluding carboxylic acids is 2. The second kappa shape index (κ2) is 4.92. The fourth-order valence-corrected chi connectivity index (χ4v) is 2.97. The van der Waals surface area contributed by atoms with E-state index in [2.05, 4.69) is 15.0 Å². The molecule has 2 N–H and O–H groups in total. The van der Waals surface area contributed by atoms with Crippen LogP contribution in [0.1, 0.15) is 11.5 Å². The van der Waals surface area contributed by atoms with Crippen molar-refractivity contribution in [3.8, 4) is 0 Å². The summed E-state index contributed by atoms with van der Waals surface area (Å²) in [5.74, 6) is -2.67. The lowest BCUT2D eigenvalue weighted by molar-refractivity contribution is -0.506. The molecule has 0 bridgehead atoms. The number of hydrogen-bond donors (Lipinski definition) is 2. The van der Waals surface area contributed by atoms with Gasteiger partial charge in [0.05, 0.1) is 4.92 Å². The summed E-state index contributed by atoms with van der Waals surface area (Å²) < 4.78 is 4.08. The van der Waals surface area contributed by atoms with E-state index in [-0.39, 0.29) is 25.8 Å². The van der Waals surface area contributed by atoms with Gasteiger partial charge in [0.25, 0.3) is 17.2 Å². The van der Waals surface area contributed by atoms with Crippen LogP contribution in [0, 0.1) is 15.3 Å². The number of nitro groups is 1. The number of amides is 2. The fourth-order valence-electron chi connectivity index (χ4n) is 2.16. The molecule has 1 aromatic heterocycles. The van der Waals surface area contributed by atoms with E-state index in [4.69, 9.17) is 12.2 Å². The Kier molecular flexibility index (Phi) is 3.18. The van der Waals surface area contributed by atoms with Gasteiger partial charge >= 0.3 is 5.69 Å². The molecule has 3 rings (SSSR count). The van der Waals surface area contributed by atoms with Gasteiger partial charge in [-0.1, -0.05) is 0 Å². The Hall–Kier alpha value is -2.73. The Morgan fingerprint density at radius 2 is 1.95 bits per heavy atom. The van der Waals surface area contributed by atoms with Gasteiger partial charge in [-0.15, -0.1) is 0 Å². The van der Waals surface area contributed by atoms with Crippen molar-refractivity contribution in [2.24, 2.45) is 0 Å². The summed E-state index contributed by atoms with van der Waals surface area (Å²) in [5.41, 5.74) is -0.697. The normalized spacial score (nSPS) is 15.7. The third-order valence-corrected chi connectivity index (χ3v) is 3.85. The van der Waals surface area contributed by atoms with Crippen LogP contribution in [0.25, 0.3) is 11.0 Å². The first-order valence-corrected chi connectivity index (χ1v) is 6.86. The van der Waals surface area contributed by atoms with Crippen molar-refractivity contribution in [1.29, 1.82) is 0 Å². The highest BCUT2D eigenvalue weighted by Gasteiger charge is 2.39. The number of nitrogens with one attached hydrogen (secondary N) is 2. The van der Waals surface area contributed by atoms with E-state index >= 15 is 0 Å². The number of hydrogen-bond acceptors (Lipinski definition) is 8. The number of nitrogens with zero attached hydrogens (tertiary/aromatic N) is 3. The minimum Gasteiger partial charge on any atom is -0.700 e. The van der Waals surface area contributed by atoms with Crippen molar-refractivity contribution in [1.82, 2.24) is 15.0 Å². The second-order valence-corrected chi connectivity index (χ2v) is 5.38. The van der Waals surface area contributed by atoms with Crippen molar-refractivity contribution in [2.75, 3.05) is 0 Å². The van der Waals surface area contributed by atoms with Crippen molar-refractivity contribution in [3.63, 3.8) is 0 Å². The molecule has 0 aliphatic carbocycles. The second-order valence-electron chi connectivity index (χ2n) is 4.30. The van der Waals surface area contributed by atoms with E-state index in [1.807, 2.05) is 0 Å². The Morgan fingerprint density at radius 1 is 1.32 bits per heavy atom. The van der Waals surface area contributed by atoms with E-state index in [1.165, 1.54) is 6.07 Å². The molecule has 0 spiro atoms. The Morgan fingerprint density at radius 3 is 2.55 bits per heavy atom. The molecule has 0 radical (unpaired) electrons. The molecule has 10 nitrogen and oxygen atoms in total. The predicted molar refractivity (Wildman–Crippen MR) is 76.9 cm³/mol. The van der Waals surface area contributed by atoms with Crippen molar-refractivity contribution in [2.45, 2.75) is 5.92 Å². The van der Waals surface area contributed by atoms with Gasteiger partial charge in [0.2, 0.25) is 17.3 Å². The van der Waals surface area contributed by atoms with E-state index in [1.54, 1.807) is 0 Å². The molecule has 0 atom stereocenters. The van der Waals surface area contributed by atoms with E-state index in [9.17, 15) is 24.9 Å². The summed E-state index contributed by atoms with van der Waals surface area (Å²) in [7, 11) is 0. The fraction of sp³-hybridized carbons (Fsp3) is 0.100. The first-order chi connectivity index (χ1) is 10.4. The number of nitro benzene ring substituents is 1. The van der Waals surface area contributed by atoms with Crippen LogP contribution < -0.4 is 14.8 Å². The van der Waals surface area contributed by atoms with E-state index < -0.39 is 28.3 Å². The number of rotatable bonds is 2. The van der Waals surface area contributed by atoms with Crippen LogP contribution >= 0.6 is 23.9 Å². The van der Waals surface area contributed by atoms with Gasteiger partial charge in [-0.25, -0.2) is 0 Å². The lowest BCUT2D eigenvalue weighted by atomic mass is 9.94. The van der Waals surface area contributed by atoms with E-state index in [0.29, 0.717) is 11.7 Å². The van der Waals surface area contributed by atoms with Gasteiger partial charge in [0.1, 0.15) is 5.92 Å². The van der Waals surface area contributed by atoms with Crippen molar-refractivity contribution in [3.05, 3.63) is 33.0 Å². The lowest BCUT2D eigenvalue weighted by Gasteiger charge is -2.21. The van der Waals surface area contributed by atoms with Gasteiger partial charge < -0.3 is 15.8 Å². The Labute approximate surface area is 130 Å². The molecule has 12 heteroatoms. The standard InChI is InChI=1S/C10H5N5O5S2/c16-8-5(9(17)12-10(21)11-8)3-1-2-4(14(18)19)7-6(3)13-22-15(7)20/h1-2,5H,(H2,11,12,16,17,21). The molecule has 22 heavy (non-hydrogen) atoms. The minimum absolute atomic E-state index is 0.0580. The van der Waals surface area contributed by atoms with Crippen LogP contribution in [0.2, 0.25) is 0 Å². The third-order valence-electron chi connectivity index (χ3n) is 3.06. The largest absolute Gasteiger partial charge is 0.700 e. The Balaban J connectivity index is 2.23. The molecular formula is C10H5N5O5S2. The molecule has 1 aliphatic heterocycles. The summed E-state index contributed by atoms with van der Waals surface area (Å²) in [6, 6.07) is 2.30. The molecule has 0 unspecified atom stereocenters. The molecule has 2 heterocycles. The highest BCUT2D eigenvalue weighted by Crippen LogP contribution is 2.31. The Bertz CT molecular complexity index is 843. The van der Waals surface area contributed by atoms with Crippen LogP contribution in [-0.2, 0) is 9.59 Å². The highest BCUT2D eigenvalue weighted by atomic mass is 32.1. The van der Waals surface area contributed by atoms with Crippen molar-refractivity contribution < 1.29 is 18.6 Å². The number of fused-ring (bicyclic) bond motifs is 1. The number of carbonyl (C=O) groups is 2. The number of aromatic nitrogens is 2. The first-order valence-electron chi connectivity index (χ1n) is 5.72. The summed E-state index contributed by atoms with van der Waals surface area (Å²) in [6.45, 7) is 0. The zero-order chi connectivity index (χ0) is 16.0. The van der Waals surface area contributed by atoms with Crippen LogP contribution in [0.15, 0.2) is 12.1 Å². The van der Waals surface area contributed by atoms with Gasteiger partial charge in [-0.3, -0.25) is 19.7 Å². The molecule has 1 saturated heterocycles. The van der Waals surface area contributed by atoms with Gasteiger partial charge in [-0.05, 0) is 18.3 Å². The molecule has 2 aromatic rings. The molecule has 2 amide bonds. The first kappa shape index (κ1) is 14.2. The van der Waals surface area contributed by atoms with Crippen LogP contribution in [0.4, 0.5) is 5.69 Å². The zero-order valence-electron chi connectivity index (χ0n) is 10.4. The van der Waals surface area contributed by atoms with Gasteiger partial charge in [-0.2, -0.15) is 4.12 Å². The maximum atomic E-state index is 12.0.